The zero-order valence-electron chi connectivity index (χ0n) is 13.1. The molecule has 2 aromatic carbocycles. The number of amides is 1. The highest BCUT2D eigenvalue weighted by molar-refractivity contribution is 6.01. The van der Waals surface area contributed by atoms with Crippen LogP contribution in [0.5, 0.6) is 0 Å². The van der Waals surface area contributed by atoms with Gasteiger partial charge in [0.1, 0.15) is 0 Å². The summed E-state index contributed by atoms with van der Waals surface area (Å²) < 4.78 is 0. The SMILES string of the molecule is N#CCC[C@@H]1CCCN1C(=O)c1ccccc1-c1ccccc1. The van der Waals surface area contributed by atoms with E-state index in [4.69, 9.17) is 5.26 Å². The van der Waals surface area contributed by atoms with Gasteiger partial charge in [0.15, 0.2) is 0 Å². The van der Waals surface area contributed by atoms with E-state index in [1.54, 1.807) is 0 Å². The lowest BCUT2D eigenvalue weighted by molar-refractivity contribution is 0.0732. The molecule has 116 valence electrons. The topological polar surface area (TPSA) is 44.1 Å². The van der Waals surface area contributed by atoms with Gasteiger partial charge in [-0.05, 0) is 36.5 Å². The standard InChI is InChI=1S/C20H20N2O/c21-14-6-10-17-11-7-15-22(17)20(23)19-13-5-4-12-18(19)16-8-2-1-3-9-16/h1-5,8-9,12-13,17H,6-7,10-11,15H2/t17-/m1/s1. The fourth-order valence-corrected chi connectivity index (χ4v) is 3.33. The molecule has 1 saturated heterocycles. The minimum Gasteiger partial charge on any atom is -0.336 e. The molecule has 1 atom stereocenters. The number of likely N-dealkylation sites (tertiary alicyclic amines) is 1. The first-order chi connectivity index (χ1) is 11.3. The molecule has 1 amide bonds. The highest BCUT2D eigenvalue weighted by Crippen LogP contribution is 2.28. The van der Waals surface area contributed by atoms with E-state index in [-0.39, 0.29) is 11.9 Å². The van der Waals surface area contributed by atoms with Crippen LogP contribution in [0.25, 0.3) is 11.1 Å². The van der Waals surface area contributed by atoms with E-state index in [1.807, 2.05) is 59.5 Å². The van der Waals surface area contributed by atoms with E-state index in [2.05, 4.69) is 6.07 Å². The molecule has 1 fully saturated rings. The summed E-state index contributed by atoms with van der Waals surface area (Å²) >= 11 is 0. The lowest BCUT2D eigenvalue weighted by Gasteiger charge is -2.25. The summed E-state index contributed by atoms with van der Waals surface area (Å²) in [5, 5.41) is 8.81. The van der Waals surface area contributed by atoms with Crippen molar-refractivity contribution >= 4 is 5.91 Å². The van der Waals surface area contributed by atoms with Gasteiger partial charge in [0, 0.05) is 24.6 Å². The highest BCUT2D eigenvalue weighted by atomic mass is 16.2. The molecule has 0 bridgehead atoms. The van der Waals surface area contributed by atoms with E-state index in [9.17, 15) is 4.79 Å². The first kappa shape index (κ1) is 15.3. The van der Waals surface area contributed by atoms with Gasteiger partial charge in [0.2, 0.25) is 0 Å². The van der Waals surface area contributed by atoms with Crippen LogP contribution in [0.1, 0.15) is 36.0 Å². The summed E-state index contributed by atoms with van der Waals surface area (Å²) in [6, 6.07) is 20.2. The van der Waals surface area contributed by atoms with Crippen molar-refractivity contribution in [2.45, 2.75) is 31.7 Å². The van der Waals surface area contributed by atoms with E-state index < -0.39 is 0 Å². The molecule has 0 N–H and O–H groups in total. The van der Waals surface area contributed by atoms with Gasteiger partial charge >= 0.3 is 0 Å². The molecule has 1 aliphatic rings. The maximum Gasteiger partial charge on any atom is 0.254 e. The Morgan fingerprint density at radius 2 is 1.87 bits per heavy atom. The number of rotatable bonds is 4. The number of carbonyl (C=O) groups excluding carboxylic acids is 1. The smallest absolute Gasteiger partial charge is 0.254 e. The average molecular weight is 304 g/mol. The Balaban J connectivity index is 1.90. The van der Waals surface area contributed by atoms with Crippen LogP contribution < -0.4 is 0 Å². The molecule has 2 aromatic rings. The van der Waals surface area contributed by atoms with E-state index in [1.165, 1.54) is 0 Å². The van der Waals surface area contributed by atoms with Gasteiger partial charge in [-0.25, -0.2) is 0 Å². The Morgan fingerprint density at radius 1 is 1.13 bits per heavy atom. The molecule has 0 unspecified atom stereocenters. The largest absolute Gasteiger partial charge is 0.336 e. The highest BCUT2D eigenvalue weighted by Gasteiger charge is 2.30. The summed E-state index contributed by atoms with van der Waals surface area (Å²) in [6.45, 7) is 0.790. The number of nitriles is 1. The summed E-state index contributed by atoms with van der Waals surface area (Å²) in [4.78, 5) is 15.0. The minimum absolute atomic E-state index is 0.0879. The van der Waals surface area contributed by atoms with Gasteiger partial charge in [0.25, 0.3) is 5.91 Å². The average Bonchev–Trinajstić information content (AvgIpc) is 3.08. The van der Waals surface area contributed by atoms with Gasteiger partial charge in [-0.2, -0.15) is 5.26 Å². The van der Waals surface area contributed by atoms with Crippen LogP contribution in [-0.2, 0) is 0 Å². The Hall–Kier alpha value is -2.60. The van der Waals surface area contributed by atoms with Gasteiger partial charge in [-0.3, -0.25) is 4.79 Å². The Kier molecular flexibility index (Phi) is 4.73. The third-order valence-electron chi connectivity index (χ3n) is 4.47. The second-order valence-electron chi connectivity index (χ2n) is 5.90. The summed E-state index contributed by atoms with van der Waals surface area (Å²) in [5.41, 5.74) is 2.79. The van der Waals surface area contributed by atoms with Crippen molar-refractivity contribution in [2.24, 2.45) is 0 Å². The first-order valence-electron chi connectivity index (χ1n) is 8.13. The van der Waals surface area contributed by atoms with Crippen LogP contribution in [0.3, 0.4) is 0 Å². The predicted octanol–water partition coefficient (Wildman–Crippen LogP) is 4.26. The molecule has 0 saturated carbocycles. The predicted molar refractivity (Wildman–Crippen MR) is 90.8 cm³/mol. The first-order valence-corrected chi connectivity index (χ1v) is 8.13. The van der Waals surface area contributed by atoms with E-state index >= 15 is 0 Å². The van der Waals surface area contributed by atoms with Crippen LogP contribution in [0.15, 0.2) is 54.6 Å². The molecule has 3 heteroatoms. The maximum absolute atomic E-state index is 13.1. The second kappa shape index (κ2) is 7.11. The van der Waals surface area contributed by atoms with Crippen molar-refractivity contribution < 1.29 is 4.79 Å². The van der Waals surface area contributed by atoms with Crippen molar-refractivity contribution in [1.29, 1.82) is 5.26 Å². The summed E-state index contributed by atoms with van der Waals surface area (Å²) in [6.07, 6.45) is 3.31. The third kappa shape index (κ3) is 3.27. The monoisotopic (exact) mass is 304 g/mol. The molecule has 1 aliphatic heterocycles. The van der Waals surface area contributed by atoms with Gasteiger partial charge in [-0.1, -0.05) is 48.5 Å². The molecule has 3 nitrogen and oxygen atoms in total. The van der Waals surface area contributed by atoms with Crippen molar-refractivity contribution in [2.75, 3.05) is 6.54 Å². The van der Waals surface area contributed by atoms with Gasteiger partial charge in [0.05, 0.1) is 6.07 Å². The molecule has 23 heavy (non-hydrogen) atoms. The molecule has 3 rings (SSSR count). The fraction of sp³-hybridized carbons (Fsp3) is 0.300. The Bertz CT molecular complexity index is 718. The fourth-order valence-electron chi connectivity index (χ4n) is 3.33. The van der Waals surface area contributed by atoms with Crippen LogP contribution >= 0.6 is 0 Å². The number of hydrogen-bond donors (Lipinski definition) is 0. The lowest BCUT2D eigenvalue weighted by Crippen LogP contribution is -2.35. The molecule has 1 heterocycles. The zero-order chi connectivity index (χ0) is 16.1. The van der Waals surface area contributed by atoms with Crippen molar-refractivity contribution in [3.8, 4) is 17.2 Å². The van der Waals surface area contributed by atoms with Crippen molar-refractivity contribution in [3.05, 3.63) is 60.2 Å². The van der Waals surface area contributed by atoms with Crippen molar-refractivity contribution in [3.63, 3.8) is 0 Å². The maximum atomic E-state index is 13.1. The zero-order valence-corrected chi connectivity index (χ0v) is 13.1. The third-order valence-corrected chi connectivity index (χ3v) is 4.47. The Labute approximate surface area is 137 Å². The molecule has 0 radical (unpaired) electrons. The normalized spacial score (nSPS) is 17.0. The number of hydrogen-bond acceptors (Lipinski definition) is 2. The summed E-state index contributed by atoms with van der Waals surface area (Å²) in [7, 11) is 0. The second-order valence-corrected chi connectivity index (χ2v) is 5.90. The Morgan fingerprint density at radius 3 is 2.65 bits per heavy atom. The van der Waals surface area contributed by atoms with Crippen LogP contribution in [0.4, 0.5) is 0 Å². The van der Waals surface area contributed by atoms with E-state index in [0.29, 0.717) is 6.42 Å². The van der Waals surface area contributed by atoms with Gasteiger partial charge < -0.3 is 4.90 Å². The molecular weight excluding hydrogens is 284 g/mol. The van der Waals surface area contributed by atoms with Gasteiger partial charge in [-0.15, -0.1) is 0 Å². The number of nitrogens with zero attached hydrogens (tertiary/aromatic N) is 2. The molecule has 0 spiro atoms. The van der Waals surface area contributed by atoms with Crippen LogP contribution in [0.2, 0.25) is 0 Å². The van der Waals surface area contributed by atoms with E-state index in [0.717, 1.165) is 42.5 Å². The molecule has 0 aliphatic carbocycles. The lowest BCUT2D eigenvalue weighted by atomic mass is 9.98. The van der Waals surface area contributed by atoms with Crippen LogP contribution in [0, 0.1) is 11.3 Å². The molecule has 0 aromatic heterocycles. The molecular formula is C20H20N2O. The summed E-state index contributed by atoms with van der Waals surface area (Å²) in [5.74, 6) is 0.0879. The minimum atomic E-state index is 0.0879. The van der Waals surface area contributed by atoms with Crippen molar-refractivity contribution in [1.82, 2.24) is 4.90 Å². The quantitative estimate of drug-likeness (QED) is 0.847. The van der Waals surface area contributed by atoms with Crippen LogP contribution in [-0.4, -0.2) is 23.4 Å². The number of benzene rings is 2. The number of carbonyl (C=O) groups is 1.